The Balaban J connectivity index is 2.00. The number of fused-ring (bicyclic) bond motifs is 1. The number of aromatic nitrogens is 2. The third-order valence-corrected chi connectivity index (χ3v) is 2.76. The Morgan fingerprint density at radius 1 is 1.00 bits per heavy atom. The van der Waals surface area contributed by atoms with Crippen molar-refractivity contribution in [2.24, 2.45) is 10.2 Å². The number of pyridine rings is 2. The lowest BCUT2D eigenvalue weighted by molar-refractivity contribution is 0.476. The summed E-state index contributed by atoms with van der Waals surface area (Å²) in [6, 6.07) is 12.5. The summed E-state index contributed by atoms with van der Waals surface area (Å²) in [7, 11) is 0. The quantitative estimate of drug-likeness (QED) is 0.694. The minimum Gasteiger partial charge on any atom is -0.504 e. The van der Waals surface area contributed by atoms with E-state index in [1.54, 1.807) is 6.20 Å². The first kappa shape index (κ1) is 12.0. The highest BCUT2D eigenvalue weighted by molar-refractivity contribution is 5.88. The second-order valence-corrected chi connectivity index (χ2v) is 4.13. The van der Waals surface area contributed by atoms with Gasteiger partial charge in [-0.2, -0.15) is 0 Å². The third-order valence-electron chi connectivity index (χ3n) is 2.76. The second-order valence-electron chi connectivity index (χ2n) is 4.13. The molecule has 3 rings (SSSR count). The predicted molar refractivity (Wildman–Crippen MR) is 76.2 cm³/mol. The fourth-order valence-corrected chi connectivity index (χ4v) is 1.79. The van der Waals surface area contributed by atoms with Gasteiger partial charge in [-0.05, 0) is 24.3 Å². The summed E-state index contributed by atoms with van der Waals surface area (Å²) in [5, 5.41) is 18.4. The fourth-order valence-electron chi connectivity index (χ4n) is 1.79. The number of rotatable bonds is 2. The summed E-state index contributed by atoms with van der Waals surface area (Å²) in [6.45, 7) is 0. The maximum absolute atomic E-state index is 9.30. The van der Waals surface area contributed by atoms with Gasteiger partial charge >= 0.3 is 0 Å². The zero-order valence-corrected chi connectivity index (χ0v) is 10.4. The lowest BCUT2D eigenvalue weighted by Gasteiger charge is -2.00. The minimum atomic E-state index is -0.0734. The zero-order chi connectivity index (χ0) is 13.9. The first-order valence-electron chi connectivity index (χ1n) is 5.95. The summed E-state index contributed by atoms with van der Waals surface area (Å²) in [5.74, 6) is 0.279. The third kappa shape index (κ3) is 2.26. The lowest BCUT2D eigenvalue weighted by Crippen LogP contribution is -1.89. The number of aromatic hydroxyl groups is 1. The van der Waals surface area contributed by atoms with Crippen LogP contribution in [0.25, 0.3) is 10.9 Å². The van der Waals surface area contributed by atoms with Crippen molar-refractivity contribution in [3.05, 3.63) is 48.7 Å². The maximum Gasteiger partial charge on any atom is 0.176 e. The molecule has 0 saturated carbocycles. The molecule has 3 aromatic rings. The predicted octanol–water partition coefficient (Wildman–Crippen LogP) is 3.33. The molecule has 0 atom stereocenters. The van der Waals surface area contributed by atoms with Crippen molar-refractivity contribution < 1.29 is 5.11 Å². The van der Waals surface area contributed by atoms with Crippen LogP contribution in [0.15, 0.2) is 58.9 Å². The number of hydrogen-bond acceptors (Lipinski definition) is 6. The van der Waals surface area contributed by atoms with Gasteiger partial charge in [0, 0.05) is 11.6 Å². The van der Waals surface area contributed by atoms with E-state index in [0.29, 0.717) is 11.5 Å². The van der Waals surface area contributed by atoms with Gasteiger partial charge in [-0.15, -0.1) is 10.2 Å². The Kier molecular flexibility index (Phi) is 2.96. The van der Waals surface area contributed by atoms with Gasteiger partial charge in [-0.3, -0.25) is 4.98 Å². The van der Waals surface area contributed by atoms with Gasteiger partial charge in [0.15, 0.2) is 17.4 Å². The first-order valence-corrected chi connectivity index (χ1v) is 5.95. The Bertz CT molecular complexity index is 795. The van der Waals surface area contributed by atoms with Gasteiger partial charge in [-0.25, -0.2) is 4.98 Å². The summed E-state index contributed by atoms with van der Waals surface area (Å²) in [5.41, 5.74) is 6.92. The number of anilines is 1. The molecule has 0 fully saturated rings. The van der Waals surface area contributed by atoms with Crippen LogP contribution in [0, 0.1) is 0 Å². The summed E-state index contributed by atoms with van der Waals surface area (Å²) in [4.78, 5) is 8.20. The molecule has 0 aliphatic heterocycles. The number of benzene rings is 1. The molecule has 0 saturated heterocycles. The average molecular weight is 265 g/mol. The molecule has 3 N–H and O–H groups in total. The zero-order valence-electron chi connectivity index (χ0n) is 10.4. The van der Waals surface area contributed by atoms with Crippen LogP contribution in [0.4, 0.5) is 17.3 Å². The van der Waals surface area contributed by atoms with Crippen LogP contribution in [0.3, 0.4) is 0 Å². The van der Waals surface area contributed by atoms with Crippen LogP contribution in [0.2, 0.25) is 0 Å². The minimum absolute atomic E-state index is 0.0255. The second kappa shape index (κ2) is 4.93. The topological polar surface area (TPSA) is 96.8 Å². The molecule has 0 radical (unpaired) electrons. The Morgan fingerprint density at radius 3 is 2.70 bits per heavy atom. The summed E-state index contributed by atoms with van der Waals surface area (Å²) < 4.78 is 0. The van der Waals surface area contributed by atoms with Crippen LogP contribution in [-0.2, 0) is 0 Å². The fraction of sp³-hybridized carbons (Fsp3) is 0. The van der Waals surface area contributed by atoms with Gasteiger partial charge in [0.25, 0.3) is 0 Å². The molecule has 0 aliphatic rings. The van der Waals surface area contributed by atoms with Gasteiger partial charge in [0.2, 0.25) is 0 Å². The average Bonchev–Trinajstić information content (AvgIpc) is 2.48. The van der Waals surface area contributed by atoms with Crippen molar-refractivity contribution >= 4 is 28.2 Å². The van der Waals surface area contributed by atoms with E-state index < -0.39 is 0 Å². The van der Waals surface area contributed by atoms with Crippen LogP contribution in [0.5, 0.6) is 5.75 Å². The number of azo groups is 1. The smallest absolute Gasteiger partial charge is 0.176 e. The molecule has 1 aromatic carbocycles. The van der Waals surface area contributed by atoms with E-state index in [4.69, 9.17) is 5.73 Å². The lowest BCUT2D eigenvalue weighted by atomic mass is 10.2. The monoisotopic (exact) mass is 265 g/mol. The number of nitrogen functional groups attached to an aromatic ring is 1. The van der Waals surface area contributed by atoms with E-state index in [-0.39, 0.29) is 11.6 Å². The van der Waals surface area contributed by atoms with Crippen molar-refractivity contribution in [1.82, 2.24) is 9.97 Å². The number of nitrogens with zero attached hydrogens (tertiary/aromatic N) is 4. The molecule has 6 heteroatoms. The number of hydrogen-bond donors (Lipinski definition) is 2. The standard InChI is InChI=1S/C14H11N5O/c15-14-11(20)6-7-12(17-14)19-18-10-5-1-3-9-4-2-8-16-13(9)10/h1-8,20H,(H2,15,17). The van der Waals surface area contributed by atoms with Gasteiger partial charge < -0.3 is 10.8 Å². The molecule has 0 unspecified atom stereocenters. The first-order chi connectivity index (χ1) is 9.74. The van der Waals surface area contributed by atoms with Crippen molar-refractivity contribution in [2.75, 3.05) is 5.73 Å². The van der Waals surface area contributed by atoms with E-state index in [9.17, 15) is 5.11 Å². The molecule has 2 heterocycles. The highest BCUT2D eigenvalue weighted by Crippen LogP contribution is 2.26. The highest BCUT2D eigenvalue weighted by atomic mass is 16.3. The summed E-state index contributed by atoms with van der Waals surface area (Å²) in [6.07, 6.45) is 1.71. The van der Waals surface area contributed by atoms with E-state index in [2.05, 4.69) is 20.2 Å². The molecule has 20 heavy (non-hydrogen) atoms. The van der Waals surface area contributed by atoms with Gasteiger partial charge in [0.05, 0.1) is 5.52 Å². The molecule has 0 amide bonds. The molecular formula is C14H11N5O. The Morgan fingerprint density at radius 2 is 1.85 bits per heavy atom. The number of nitrogens with two attached hydrogens (primary N) is 1. The Labute approximate surface area is 114 Å². The molecule has 98 valence electrons. The maximum atomic E-state index is 9.30. The van der Waals surface area contributed by atoms with Crippen molar-refractivity contribution in [2.45, 2.75) is 0 Å². The largest absolute Gasteiger partial charge is 0.504 e. The Hall–Kier alpha value is -3.02. The van der Waals surface area contributed by atoms with Crippen LogP contribution in [-0.4, -0.2) is 15.1 Å². The molecule has 2 aromatic heterocycles. The van der Waals surface area contributed by atoms with Crippen LogP contribution >= 0.6 is 0 Å². The molecule has 0 aliphatic carbocycles. The van der Waals surface area contributed by atoms with Crippen molar-refractivity contribution in [3.8, 4) is 5.75 Å². The van der Waals surface area contributed by atoms with E-state index in [1.807, 2.05) is 30.3 Å². The van der Waals surface area contributed by atoms with Crippen LogP contribution in [0.1, 0.15) is 0 Å². The molecule has 6 nitrogen and oxygen atoms in total. The summed E-state index contributed by atoms with van der Waals surface area (Å²) >= 11 is 0. The normalized spacial score (nSPS) is 11.2. The van der Waals surface area contributed by atoms with E-state index in [1.165, 1.54) is 12.1 Å². The van der Waals surface area contributed by atoms with Gasteiger partial charge in [-0.1, -0.05) is 18.2 Å². The van der Waals surface area contributed by atoms with Gasteiger partial charge in [0.1, 0.15) is 5.69 Å². The highest BCUT2D eigenvalue weighted by Gasteiger charge is 2.02. The van der Waals surface area contributed by atoms with Crippen LogP contribution < -0.4 is 5.73 Å². The SMILES string of the molecule is Nc1nc(N=Nc2cccc3cccnc23)ccc1O. The van der Waals surface area contributed by atoms with E-state index in [0.717, 1.165) is 10.9 Å². The van der Waals surface area contributed by atoms with Crippen molar-refractivity contribution in [3.63, 3.8) is 0 Å². The number of para-hydroxylation sites is 1. The molecular weight excluding hydrogens is 254 g/mol. The van der Waals surface area contributed by atoms with Crippen molar-refractivity contribution in [1.29, 1.82) is 0 Å². The molecule has 0 bridgehead atoms. The molecule has 0 spiro atoms. The van der Waals surface area contributed by atoms with E-state index >= 15 is 0 Å².